The molecule has 0 atom stereocenters. The SMILES string of the molecule is Nc1ccc(-c2c3nc(c(-c4ccc(N)c(O)c4)c4ccc([nH]4)c(-c4ccc(N)c(O)c4)c4nc(c(-c5ccc(N)c(O)c5)c5ccc2[nH]5)C=C4)C=C3)cc1O. The molecule has 8 bridgehead atoms. The molecule has 0 unspecified atom stereocenters. The summed E-state index contributed by atoms with van der Waals surface area (Å²) in [6.45, 7) is 0. The predicted octanol–water partition coefficient (Wildman–Crippen LogP) is 8.47. The highest BCUT2D eigenvalue weighted by atomic mass is 16.3. The van der Waals surface area contributed by atoms with Crippen LogP contribution in [0.1, 0.15) is 22.8 Å². The second-order valence-corrected chi connectivity index (χ2v) is 13.6. The molecule has 0 aliphatic carbocycles. The minimum atomic E-state index is -0.0798. The first-order chi connectivity index (χ1) is 27.0. The van der Waals surface area contributed by atoms with Crippen LogP contribution in [0.2, 0.25) is 0 Å². The Morgan fingerprint density at radius 2 is 0.571 bits per heavy atom. The van der Waals surface area contributed by atoms with Crippen LogP contribution in [0.3, 0.4) is 0 Å². The number of hydrogen-bond donors (Lipinski definition) is 10. The highest BCUT2D eigenvalue weighted by Gasteiger charge is 2.20. The molecule has 0 spiro atoms. The summed E-state index contributed by atoms with van der Waals surface area (Å²) in [6, 6.07) is 27.9. The maximum Gasteiger partial charge on any atom is 0.139 e. The van der Waals surface area contributed by atoms with Crippen LogP contribution >= 0.6 is 0 Å². The summed E-state index contributed by atoms with van der Waals surface area (Å²) in [5, 5.41) is 43.0. The van der Waals surface area contributed by atoms with Gasteiger partial charge >= 0.3 is 0 Å². The van der Waals surface area contributed by atoms with E-state index in [9.17, 15) is 20.4 Å². The van der Waals surface area contributed by atoms with E-state index in [1.807, 2.05) is 72.8 Å². The first kappa shape index (κ1) is 33.7. The van der Waals surface area contributed by atoms with Crippen LogP contribution in [-0.2, 0) is 0 Å². The van der Waals surface area contributed by atoms with E-state index in [0.717, 1.165) is 0 Å². The molecule has 9 rings (SSSR count). The third-order valence-corrected chi connectivity index (χ3v) is 10.0. The smallest absolute Gasteiger partial charge is 0.139 e. The van der Waals surface area contributed by atoms with Gasteiger partial charge < -0.3 is 53.3 Å². The number of nitrogens with zero attached hydrogens (tertiary/aromatic N) is 2. The Bertz CT molecular complexity index is 2640. The lowest BCUT2D eigenvalue weighted by molar-refractivity contribution is 0.477. The number of H-pyrrole nitrogens is 2. The average Bonchev–Trinajstić information content (AvgIpc) is 4.02. The molecule has 0 amide bonds. The normalized spacial score (nSPS) is 12.0. The second-order valence-electron chi connectivity index (χ2n) is 13.6. The fourth-order valence-corrected chi connectivity index (χ4v) is 7.22. The van der Waals surface area contributed by atoms with Gasteiger partial charge in [0.1, 0.15) is 23.0 Å². The largest absolute Gasteiger partial charge is 0.506 e. The standard InChI is InChI=1S/C44H34N8O4/c45-25-5-1-21(17-37(25)53)41-29-9-11-31(49-29)42(22-2-6-26(46)38(54)18-22)33-13-15-35(51-33)44(24-4-8-28(48)40(56)20-24)36-16-14-34(52-36)43(32-12-10-30(41)50-32)23-3-7-27(47)39(55)19-23/h1-20,49,52-56H,45-48H2. The fraction of sp³-hybridized carbons (Fsp3) is 0. The highest BCUT2D eigenvalue weighted by molar-refractivity contribution is 6.00. The van der Waals surface area contributed by atoms with Crippen LogP contribution in [0.15, 0.2) is 97.1 Å². The molecule has 56 heavy (non-hydrogen) atoms. The van der Waals surface area contributed by atoms with E-state index in [-0.39, 0.29) is 45.7 Å². The van der Waals surface area contributed by atoms with E-state index < -0.39 is 0 Å². The van der Waals surface area contributed by atoms with Crippen molar-refractivity contribution in [2.24, 2.45) is 0 Å². The van der Waals surface area contributed by atoms with Crippen molar-refractivity contribution in [1.82, 2.24) is 19.9 Å². The van der Waals surface area contributed by atoms with Crippen LogP contribution in [0, 0.1) is 0 Å². The number of benzene rings is 4. The Labute approximate surface area is 319 Å². The molecule has 5 heterocycles. The van der Waals surface area contributed by atoms with E-state index >= 15 is 0 Å². The zero-order valence-electron chi connectivity index (χ0n) is 29.5. The van der Waals surface area contributed by atoms with Crippen LogP contribution in [0.5, 0.6) is 23.0 Å². The summed E-state index contributed by atoms with van der Waals surface area (Å²) in [6.07, 6.45) is 7.55. The quantitative estimate of drug-likeness (QED) is 0.0610. The summed E-state index contributed by atoms with van der Waals surface area (Å²) in [5.74, 6) is -0.319. The summed E-state index contributed by atoms with van der Waals surface area (Å²) < 4.78 is 0. The van der Waals surface area contributed by atoms with E-state index in [2.05, 4.69) is 9.97 Å². The Kier molecular flexibility index (Phi) is 7.69. The van der Waals surface area contributed by atoms with E-state index in [4.69, 9.17) is 32.9 Å². The van der Waals surface area contributed by atoms with Gasteiger partial charge in [-0.05, 0) is 119 Å². The van der Waals surface area contributed by atoms with Crippen molar-refractivity contribution in [2.75, 3.05) is 22.9 Å². The second kappa shape index (κ2) is 12.8. The van der Waals surface area contributed by atoms with Gasteiger partial charge in [0.2, 0.25) is 0 Å². The first-order valence-electron chi connectivity index (χ1n) is 17.5. The predicted molar refractivity (Wildman–Crippen MR) is 225 cm³/mol. The van der Waals surface area contributed by atoms with Crippen molar-refractivity contribution in [2.45, 2.75) is 0 Å². The van der Waals surface area contributed by atoms with E-state index in [0.29, 0.717) is 89.4 Å². The van der Waals surface area contributed by atoms with Gasteiger partial charge in [-0.3, -0.25) is 0 Å². The van der Waals surface area contributed by atoms with Crippen molar-refractivity contribution in [3.63, 3.8) is 0 Å². The summed E-state index contributed by atoms with van der Waals surface area (Å²) in [4.78, 5) is 17.5. The van der Waals surface area contributed by atoms with Gasteiger partial charge in [-0.1, -0.05) is 24.3 Å². The third kappa shape index (κ3) is 5.65. The number of anilines is 4. The zero-order valence-corrected chi connectivity index (χ0v) is 29.5. The lowest BCUT2D eigenvalue weighted by Gasteiger charge is -2.09. The van der Waals surface area contributed by atoms with Crippen LogP contribution in [0.4, 0.5) is 22.7 Å². The van der Waals surface area contributed by atoms with Crippen molar-refractivity contribution in [3.05, 3.63) is 120 Å². The van der Waals surface area contributed by atoms with E-state index in [1.54, 1.807) is 48.5 Å². The summed E-state index contributed by atoms with van der Waals surface area (Å²) in [5.41, 5.74) is 35.4. The monoisotopic (exact) mass is 738 g/mol. The molecular weight excluding hydrogens is 705 g/mol. The van der Waals surface area contributed by atoms with E-state index in [1.165, 1.54) is 0 Å². The Hall–Kier alpha value is -8.12. The Morgan fingerprint density at radius 1 is 0.339 bits per heavy atom. The molecule has 0 fully saturated rings. The lowest BCUT2D eigenvalue weighted by Crippen LogP contribution is -1.92. The van der Waals surface area contributed by atoms with Crippen molar-refractivity contribution in [1.29, 1.82) is 0 Å². The molecule has 7 aromatic rings. The number of aromatic amines is 2. The van der Waals surface area contributed by atoms with Gasteiger partial charge in [-0.25, -0.2) is 9.97 Å². The molecule has 12 nitrogen and oxygen atoms in total. The van der Waals surface area contributed by atoms with Gasteiger partial charge in [0.05, 0.1) is 45.5 Å². The molecule has 12 heteroatoms. The topological polar surface area (TPSA) is 242 Å². The number of phenols is 4. The molecule has 0 saturated heterocycles. The lowest BCUT2D eigenvalue weighted by atomic mass is 10.0. The number of aromatic hydroxyl groups is 4. The minimum absolute atomic E-state index is 0.0798. The zero-order chi connectivity index (χ0) is 38.8. The Morgan fingerprint density at radius 3 is 0.786 bits per heavy atom. The molecule has 14 N–H and O–H groups in total. The molecule has 274 valence electrons. The van der Waals surface area contributed by atoms with Crippen molar-refractivity contribution < 1.29 is 20.4 Å². The number of rotatable bonds is 4. The molecule has 0 radical (unpaired) electrons. The molecule has 0 saturated carbocycles. The summed E-state index contributed by atoms with van der Waals surface area (Å²) in [7, 11) is 0. The molecule has 2 aliphatic rings. The van der Waals surface area contributed by atoms with Crippen molar-refractivity contribution in [3.8, 4) is 67.5 Å². The number of fused-ring (bicyclic) bond motifs is 8. The molecular formula is C44H34N8O4. The van der Waals surface area contributed by atoms with Crippen molar-refractivity contribution >= 4 is 69.1 Å². The van der Waals surface area contributed by atoms with Crippen LogP contribution in [-0.4, -0.2) is 40.4 Å². The maximum atomic E-state index is 10.8. The molecule has 3 aromatic heterocycles. The van der Waals surface area contributed by atoms with Gasteiger partial charge in [0.15, 0.2) is 0 Å². The number of nitrogens with two attached hydrogens (primary N) is 4. The molecule has 4 aromatic carbocycles. The number of nitrogen functional groups attached to an aromatic ring is 4. The number of phenolic OH excluding ortho intramolecular Hbond substituents is 4. The minimum Gasteiger partial charge on any atom is -0.506 e. The maximum absolute atomic E-state index is 10.8. The van der Waals surface area contributed by atoms with Gasteiger partial charge in [0.25, 0.3) is 0 Å². The third-order valence-electron chi connectivity index (χ3n) is 10.0. The molecule has 2 aliphatic heterocycles. The number of nitrogens with one attached hydrogen (secondary N) is 2. The van der Waals surface area contributed by atoms with Gasteiger partial charge in [0, 0.05) is 44.3 Å². The Balaban J connectivity index is 1.48. The summed E-state index contributed by atoms with van der Waals surface area (Å²) >= 11 is 0. The number of hydrogen-bond acceptors (Lipinski definition) is 10. The van der Waals surface area contributed by atoms with Gasteiger partial charge in [-0.15, -0.1) is 0 Å². The first-order valence-corrected chi connectivity index (χ1v) is 17.5. The fourth-order valence-electron chi connectivity index (χ4n) is 7.22. The average molecular weight is 739 g/mol. The van der Waals surface area contributed by atoms with Crippen LogP contribution < -0.4 is 22.9 Å². The van der Waals surface area contributed by atoms with Gasteiger partial charge in [-0.2, -0.15) is 0 Å². The highest BCUT2D eigenvalue weighted by Crippen LogP contribution is 2.41. The number of aromatic nitrogens is 4. The van der Waals surface area contributed by atoms with Crippen LogP contribution in [0.25, 0.3) is 90.9 Å².